The lowest BCUT2D eigenvalue weighted by molar-refractivity contribution is -0.124. The van der Waals surface area contributed by atoms with Gasteiger partial charge in [0.25, 0.3) is 0 Å². The molecule has 1 unspecified atom stereocenters. The van der Waals surface area contributed by atoms with Crippen molar-refractivity contribution in [2.45, 2.75) is 19.8 Å². The number of imide groups is 1. The molecule has 0 N–H and O–H groups in total. The SMILES string of the molecule is CC1(C)C(=O)N(c2cc(Cl)cc(Cl)c2)C(=O)C1c1ccccc1. The highest BCUT2D eigenvalue weighted by Crippen LogP contribution is 2.46. The third-order valence-electron chi connectivity index (χ3n) is 4.18. The topological polar surface area (TPSA) is 37.4 Å². The Hall–Kier alpha value is -1.84. The van der Waals surface area contributed by atoms with Crippen molar-refractivity contribution in [1.82, 2.24) is 0 Å². The highest BCUT2D eigenvalue weighted by atomic mass is 35.5. The third kappa shape index (κ3) is 2.64. The van der Waals surface area contributed by atoms with Gasteiger partial charge in [-0.05, 0) is 37.6 Å². The highest BCUT2D eigenvalue weighted by Gasteiger charge is 2.54. The minimum Gasteiger partial charge on any atom is -0.273 e. The molecule has 0 aliphatic carbocycles. The molecule has 1 aliphatic heterocycles. The van der Waals surface area contributed by atoms with Gasteiger partial charge in [0.15, 0.2) is 0 Å². The molecule has 1 fully saturated rings. The number of carbonyl (C=O) groups is 2. The Bertz CT molecular complexity index is 767. The lowest BCUT2D eigenvalue weighted by Crippen LogP contribution is -2.32. The van der Waals surface area contributed by atoms with Crippen LogP contribution in [0.5, 0.6) is 0 Å². The minimum absolute atomic E-state index is 0.255. The number of amides is 2. The number of halogens is 2. The molecule has 3 nitrogen and oxygen atoms in total. The van der Waals surface area contributed by atoms with E-state index in [1.165, 1.54) is 4.90 Å². The summed E-state index contributed by atoms with van der Waals surface area (Å²) < 4.78 is 0. The third-order valence-corrected chi connectivity index (χ3v) is 4.62. The Morgan fingerprint density at radius 1 is 0.957 bits per heavy atom. The van der Waals surface area contributed by atoms with Gasteiger partial charge in [0, 0.05) is 10.0 Å². The zero-order valence-electron chi connectivity index (χ0n) is 12.7. The quantitative estimate of drug-likeness (QED) is 0.739. The summed E-state index contributed by atoms with van der Waals surface area (Å²) >= 11 is 12.0. The average Bonchev–Trinajstić information content (AvgIpc) is 2.64. The van der Waals surface area contributed by atoms with Gasteiger partial charge in [0.05, 0.1) is 17.0 Å². The van der Waals surface area contributed by atoms with Crippen molar-refractivity contribution in [2.75, 3.05) is 4.90 Å². The second-order valence-corrected chi connectivity index (χ2v) is 7.04. The molecule has 1 saturated heterocycles. The van der Waals surface area contributed by atoms with Crippen LogP contribution in [0.2, 0.25) is 10.0 Å². The fourth-order valence-electron chi connectivity index (χ4n) is 3.07. The molecular formula is C18H15Cl2NO2. The first-order valence-electron chi connectivity index (χ1n) is 7.22. The fraction of sp³-hybridized carbons (Fsp3) is 0.222. The maximum atomic E-state index is 13.0. The monoisotopic (exact) mass is 347 g/mol. The Balaban J connectivity index is 2.11. The zero-order chi connectivity index (χ0) is 16.8. The van der Waals surface area contributed by atoms with Crippen LogP contribution in [-0.2, 0) is 9.59 Å². The Morgan fingerprint density at radius 3 is 2.09 bits per heavy atom. The van der Waals surface area contributed by atoms with Gasteiger partial charge in [0.1, 0.15) is 0 Å². The van der Waals surface area contributed by atoms with E-state index >= 15 is 0 Å². The molecule has 118 valence electrons. The molecule has 0 aromatic heterocycles. The number of hydrogen-bond donors (Lipinski definition) is 0. The molecule has 5 heteroatoms. The van der Waals surface area contributed by atoms with E-state index in [1.54, 1.807) is 32.0 Å². The van der Waals surface area contributed by atoms with Crippen molar-refractivity contribution in [3.63, 3.8) is 0 Å². The van der Waals surface area contributed by atoms with Crippen molar-refractivity contribution in [1.29, 1.82) is 0 Å². The van der Waals surface area contributed by atoms with Crippen LogP contribution in [0.15, 0.2) is 48.5 Å². The number of carbonyl (C=O) groups excluding carboxylic acids is 2. The van der Waals surface area contributed by atoms with Crippen LogP contribution in [0.25, 0.3) is 0 Å². The van der Waals surface area contributed by atoms with Crippen molar-refractivity contribution in [2.24, 2.45) is 5.41 Å². The summed E-state index contributed by atoms with van der Waals surface area (Å²) in [6.45, 7) is 3.58. The predicted octanol–water partition coefficient (Wildman–Crippen LogP) is 4.68. The molecule has 3 rings (SSSR count). The van der Waals surface area contributed by atoms with Crippen LogP contribution in [-0.4, -0.2) is 11.8 Å². The Labute approximate surface area is 144 Å². The first-order chi connectivity index (χ1) is 10.8. The van der Waals surface area contributed by atoms with E-state index in [0.717, 1.165) is 5.56 Å². The maximum absolute atomic E-state index is 13.0. The van der Waals surface area contributed by atoms with Gasteiger partial charge in [-0.3, -0.25) is 9.59 Å². The summed E-state index contributed by atoms with van der Waals surface area (Å²) in [6.07, 6.45) is 0. The summed E-state index contributed by atoms with van der Waals surface area (Å²) in [4.78, 5) is 27.0. The van der Waals surface area contributed by atoms with Crippen LogP contribution >= 0.6 is 23.2 Å². The zero-order valence-corrected chi connectivity index (χ0v) is 14.2. The Kier molecular flexibility index (Phi) is 3.95. The van der Waals surface area contributed by atoms with E-state index in [9.17, 15) is 9.59 Å². The molecule has 1 aliphatic rings. The van der Waals surface area contributed by atoms with Crippen LogP contribution in [0.3, 0.4) is 0 Å². The van der Waals surface area contributed by atoms with Crippen molar-refractivity contribution in [3.05, 3.63) is 64.1 Å². The van der Waals surface area contributed by atoms with E-state index in [-0.39, 0.29) is 11.8 Å². The first kappa shape index (κ1) is 16.0. The van der Waals surface area contributed by atoms with E-state index in [1.807, 2.05) is 30.3 Å². The number of hydrogen-bond acceptors (Lipinski definition) is 2. The standard InChI is InChI=1S/C18H15Cl2NO2/c1-18(2)15(11-6-4-3-5-7-11)16(22)21(17(18)23)14-9-12(19)8-13(20)10-14/h3-10,15H,1-2H3. The first-order valence-corrected chi connectivity index (χ1v) is 7.97. The normalized spacial score (nSPS) is 20.2. The summed E-state index contributed by atoms with van der Waals surface area (Å²) in [5.74, 6) is -1.05. The van der Waals surface area contributed by atoms with Crippen LogP contribution in [0.4, 0.5) is 5.69 Å². The maximum Gasteiger partial charge on any atom is 0.242 e. The summed E-state index contributed by atoms with van der Waals surface area (Å²) in [6, 6.07) is 14.1. The number of nitrogens with zero attached hydrogens (tertiary/aromatic N) is 1. The molecule has 0 saturated carbocycles. The van der Waals surface area contributed by atoms with E-state index in [0.29, 0.717) is 15.7 Å². The number of anilines is 1. The van der Waals surface area contributed by atoms with Gasteiger partial charge in [0.2, 0.25) is 11.8 Å². The van der Waals surface area contributed by atoms with E-state index < -0.39 is 11.3 Å². The molecule has 2 aromatic carbocycles. The molecule has 1 heterocycles. The summed E-state index contributed by atoms with van der Waals surface area (Å²) in [5.41, 5.74) is 0.392. The number of rotatable bonds is 2. The van der Waals surface area contributed by atoms with Gasteiger partial charge in [-0.15, -0.1) is 0 Å². The molecule has 0 bridgehead atoms. The average molecular weight is 348 g/mol. The Morgan fingerprint density at radius 2 is 1.52 bits per heavy atom. The highest BCUT2D eigenvalue weighted by molar-refractivity contribution is 6.36. The van der Waals surface area contributed by atoms with Crippen LogP contribution in [0.1, 0.15) is 25.3 Å². The molecular weight excluding hydrogens is 333 g/mol. The predicted molar refractivity (Wildman–Crippen MR) is 91.9 cm³/mol. The van der Waals surface area contributed by atoms with Gasteiger partial charge < -0.3 is 0 Å². The number of benzene rings is 2. The lowest BCUT2D eigenvalue weighted by Gasteiger charge is -2.22. The second kappa shape index (κ2) is 5.66. The molecule has 0 radical (unpaired) electrons. The second-order valence-electron chi connectivity index (χ2n) is 6.17. The molecule has 23 heavy (non-hydrogen) atoms. The van der Waals surface area contributed by atoms with Gasteiger partial charge in [-0.2, -0.15) is 0 Å². The van der Waals surface area contributed by atoms with E-state index in [4.69, 9.17) is 23.2 Å². The summed E-state index contributed by atoms with van der Waals surface area (Å²) in [5, 5.41) is 0.767. The molecule has 2 aromatic rings. The van der Waals surface area contributed by atoms with Crippen molar-refractivity contribution >= 4 is 40.7 Å². The van der Waals surface area contributed by atoms with Crippen molar-refractivity contribution in [3.8, 4) is 0 Å². The molecule has 0 spiro atoms. The molecule has 1 atom stereocenters. The van der Waals surface area contributed by atoms with Gasteiger partial charge in [-0.25, -0.2) is 4.90 Å². The van der Waals surface area contributed by atoms with Crippen molar-refractivity contribution < 1.29 is 9.59 Å². The largest absolute Gasteiger partial charge is 0.273 e. The van der Waals surface area contributed by atoms with Crippen LogP contribution < -0.4 is 4.90 Å². The van der Waals surface area contributed by atoms with E-state index in [2.05, 4.69) is 0 Å². The van der Waals surface area contributed by atoms with Crippen LogP contribution in [0, 0.1) is 5.41 Å². The summed E-state index contributed by atoms with van der Waals surface area (Å²) in [7, 11) is 0. The fourth-order valence-corrected chi connectivity index (χ4v) is 3.58. The smallest absolute Gasteiger partial charge is 0.242 e. The van der Waals surface area contributed by atoms with Gasteiger partial charge in [-0.1, -0.05) is 53.5 Å². The minimum atomic E-state index is -0.840. The van der Waals surface area contributed by atoms with Gasteiger partial charge >= 0.3 is 0 Å². The molecule has 2 amide bonds. The lowest BCUT2D eigenvalue weighted by atomic mass is 9.77.